The van der Waals surface area contributed by atoms with Gasteiger partial charge in [-0.25, -0.2) is 18.4 Å². The van der Waals surface area contributed by atoms with Crippen molar-refractivity contribution in [1.82, 2.24) is 15.1 Å². The molecular weight excluding hydrogens is 737 g/mol. The van der Waals surface area contributed by atoms with Gasteiger partial charge in [0.2, 0.25) is 11.8 Å². The number of hydrogen-bond donors (Lipinski definition) is 3. The van der Waals surface area contributed by atoms with Crippen LogP contribution in [0.4, 0.5) is 35.4 Å². The molecule has 2 aliphatic heterocycles. The Labute approximate surface area is 317 Å². The van der Waals surface area contributed by atoms with E-state index in [0.29, 0.717) is 51.1 Å². The van der Waals surface area contributed by atoms with Crippen molar-refractivity contribution in [2.24, 2.45) is 11.8 Å². The summed E-state index contributed by atoms with van der Waals surface area (Å²) in [5.41, 5.74) is 0.530. The molecule has 0 bridgehead atoms. The van der Waals surface area contributed by atoms with Crippen LogP contribution in [0.3, 0.4) is 0 Å². The molecule has 5 amide bonds. The van der Waals surface area contributed by atoms with Crippen molar-refractivity contribution in [2.45, 2.75) is 47.5 Å². The number of rotatable bonds is 7. The molecule has 2 heterocycles. The molecule has 0 unspecified atom stereocenters. The van der Waals surface area contributed by atoms with Gasteiger partial charge in [0.05, 0.1) is 26.8 Å². The Morgan fingerprint density at radius 1 is 0.811 bits per heavy atom. The molecule has 0 radical (unpaired) electrons. The highest BCUT2D eigenvalue weighted by molar-refractivity contribution is 6.31. The number of non-ortho nitro benzene ring substituents is 1. The highest BCUT2D eigenvalue weighted by atomic mass is 35.5. The van der Waals surface area contributed by atoms with Gasteiger partial charge in [-0.2, -0.15) is 0 Å². The van der Waals surface area contributed by atoms with E-state index in [0.717, 1.165) is 12.5 Å². The highest BCUT2D eigenvalue weighted by Gasteiger charge is 2.30. The first-order valence-corrected chi connectivity index (χ1v) is 16.9. The van der Waals surface area contributed by atoms with Crippen molar-refractivity contribution in [3.05, 3.63) is 92.5 Å². The number of likely N-dealkylation sites (tertiary alicyclic amines) is 2. The fourth-order valence-electron chi connectivity index (χ4n) is 5.43. The lowest BCUT2D eigenvalue weighted by Gasteiger charge is -2.32. The third kappa shape index (κ3) is 12.9. The van der Waals surface area contributed by atoms with E-state index in [-0.39, 0.29) is 72.3 Å². The van der Waals surface area contributed by atoms with Gasteiger partial charge in [-0.1, -0.05) is 38.1 Å². The monoisotopic (exact) mass is 780 g/mol. The molecule has 2 atom stereocenters. The molecule has 0 aromatic heterocycles. The van der Waals surface area contributed by atoms with Gasteiger partial charge in [-0.15, -0.1) is 0 Å². The van der Waals surface area contributed by atoms with E-state index in [1.165, 1.54) is 53.4 Å². The number of hydrogen-bond acceptors (Lipinski definition) is 7. The molecule has 0 aliphatic carbocycles. The number of nitro groups is 1. The maximum Gasteiger partial charge on any atom is 0.415 e. The summed E-state index contributed by atoms with van der Waals surface area (Å²) < 4.78 is 32.1. The number of urea groups is 1. The smallest absolute Gasteiger partial charge is 0.410 e. The Morgan fingerprint density at radius 3 is 1.74 bits per heavy atom. The average Bonchev–Trinajstić information content (AvgIpc) is 3.12. The van der Waals surface area contributed by atoms with Crippen LogP contribution in [-0.2, 0) is 9.59 Å². The normalized spacial score (nSPS) is 16.3. The standard InChI is InChI=1S/C19H17ClFN3O5.C15H19ClFN3O2.2CH4/c20-16-8-3-13(10-17(16)21)22-18(25)12-2-1-9-23(11-12)19(26)29-15-6-4-14(5-7-15)24(27)28;1-2-18-15(22)20-7-3-4-10(9-20)14(21)19-11-5-6-12(16)13(17)8-11;;/h3-8,10,12H,1-2,9,11H2,(H,22,25);5-6,8,10H,2-4,7,9H2,1H3,(H,18,22)(H,19,21);2*1H4/t12-;10-;;/m00../s1. The Bertz CT molecular complexity index is 1750. The summed E-state index contributed by atoms with van der Waals surface area (Å²) in [5.74, 6) is -2.37. The van der Waals surface area contributed by atoms with E-state index < -0.39 is 28.6 Å². The van der Waals surface area contributed by atoms with Gasteiger partial charge >= 0.3 is 12.1 Å². The number of carbonyl (C=O) groups excluding carboxylic acids is 4. The third-order valence-corrected chi connectivity index (χ3v) is 8.70. The first-order valence-electron chi connectivity index (χ1n) is 16.1. The zero-order valence-electron chi connectivity index (χ0n) is 27.5. The van der Waals surface area contributed by atoms with Gasteiger partial charge in [-0.05, 0) is 81.1 Å². The van der Waals surface area contributed by atoms with Crippen molar-refractivity contribution >= 4 is 64.2 Å². The molecule has 2 saturated heterocycles. The summed E-state index contributed by atoms with van der Waals surface area (Å²) in [6, 6.07) is 13.1. The van der Waals surface area contributed by atoms with Gasteiger partial charge in [0.15, 0.2) is 0 Å². The number of nitro benzene ring substituents is 1. The van der Waals surface area contributed by atoms with Gasteiger partial charge in [0.25, 0.3) is 5.69 Å². The van der Waals surface area contributed by atoms with Gasteiger partial charge < -0.3 is 30.5 Å². The fourth-order valence-corrected chi connectivity index (χ4v) is 5.67. The second-order valence-electron chi connectivity index (χ2n) is 11.8. The Balaban J connectivity index is 0.000000366. The van der Waals surface area contributed by atoms with Crippen LogP contribution in [0.5, 0.6) is 5.75 Å². The molecule has 3 aromatic carbocycles. The maximum absolute atomic E-state index is 13.5. The average molecular weight is 782 g/mol. The molecule has 0 saturated carbocycles. The Kier molecular flexibility index (Phi) is 17.4. The van der Waals surface area contributed by atoms with Gasteiger partial charge in [0, 0.05) is 56.2 Å². The number of anilines is 2. The molecule has 3 aromatic rings. The van der Waals surface area contributed by atoms with Crippen molar-refractivity contribution in [3.8, 4) is 5.75 Å². The lowest BCUT2D eigenvalue weighted by Crippen LogP contribution is -2.47. The minimum atomic E-state index is -0.645. The molecule has 5 rings (SSSR count). The van der Waals surface area contributed by atoms with Crippen LogP contribution in [0.1, 0.15) is 47.5 Å². The number of amides is 5. The predicted molar refractivity (Wildman–Crippen MR) is 200 cm³/mol. The number of carbonyl (C=O) groups is 4. The molecule has 2 aliphatic rings. The molecule has 0 spiro atoms. The van der Waals surface area contributed by atoms with Crippen molar-refractivity contribution in [3.63, 3.8) is 0 Å². The Morgan fingerprint density at radius 2 is 1.28 bits per heavy atom. The largest absolute Gasteiger partial charge is 0.415 e. The first-order chi connectivity index (χ1) is 24.3. The quantitative estimate of drug-likeness (QED) is 0.160. The van der Waals surface area contributed by atoms with E-state index in [9.17, 15) is 38.1 Å². The maximum atomic E-state index is 13.5. The van der Waals surface area contributed by atoms with Gasteiger partial charge in [0.1, 0.15) is 17.4 Å². The van der Waals surface area contributed by atoms with Crippen LogP contribution in [-0.4, -0.2) is 71.4 Å². The second-order valence-corrected chi connectivity index (χ2v) is 12.6. The highest BCUT2D eigenvalue weighted by Crippen LogP contribution is 2.25. The number of nitrogens with zero attached hydrogens (tertiary/aromatic N) is 3. The van der Waals surface area contributed by atoms with E-state index in [2.05, 4.69) is 16.0 Å². The molecule has 2 fully saturated rings. The fraction of sp³-hybridized carbons (Fsp3) is 0.389. The minimum absolute atomic E-state index is 0. The summed E-state index contributed by atoms with van der Waals surface area (Å²) in [4.78, 5) is 62.1. The molecule has 288 valence electrons. The number of piperidine rings is 2. The Hall–Kier alpha value is -5.02. The van der Waals surface area contributed by atoms with Crippen LogP contribution in [0, 0.1) is 33.6 Å². The third-order valence-electron chi connectivity index (χ3n) is 8.08. The van der Waals surface area contributed by atoms with Crippen molar-refractivity contribution in [2.75, 3.05) is 43.4 Å². The minimum Gasteiger partial charge on any atom is -0.410 e. The van der Waals surface area contributed by atoms with Crippen LogP contribution >= 0.6 is 23.2 Å². The van der Waals surface area contributed by atoms with Crippen molar-refractivity contribution in [1.29, 1.82) is 0 Å². The number of nitrogens with one attached hydrogen (secondary N) is 3. The van der Waals surface area contributed by atoms with E-state index >= 15 is 0 Å². The zero-order valence-corrected chi connectivity index (χ0v) is 29.0. The zero-order chi connectivity index (χ0) is 37.1. The predicted octanol–water partition coefficient (Wildman–Crippen LogP) is 8.37. The molecule has 3 N–H and O–H groups in total. The lowest BCUT2D eigenvalue weighted by molar-refractivity contribution is -0.384. The number of ether oxygens (including phenoxy) is 1. The molecule has 53 heavy (non-hydrogen) atoms. The summed E-state index contributed by atoms with van der Waals surface area (Å²) in [5, 5.41) is 18.7. The molecule has 13 nitrogen and oxygen atoms in total. The van der Waals surface area contributed by atoms with Crippen LogP contribution in [0.2, 0.25) is 10.0 Å². The van der Waals surface area contributed by atoms with Crippen molar-refractivity contribution < 1.29 is 37.6 Å². The van der Waals surface area contributed by atoms with E-state index in [4.69, 9.17) is 27.9 Å². The summed E-state index contributed by atoms with van der Waals surface area (Å²) in [7, 11) is 0. The SMILES string of the molecule is C.C.CCNC(=O)N1CCC[C@H](C(=O)Nc2ccc(Cl)c(F)c2)C1.O=C(Nc1ccc(Cl)c(F)c1)[C@H]1CCCN(C(=O)Oc2ccc([N+](=O)[O-])cc2)C1. The van der Waals surface area contributed by atoms with E-state index in [1.807, 2.05) is 6.92 Å². The summed E-state index contributed by atoms with van der Waals surface area (Å²) in [6.45, 7) is 3.98. The van der Waals surface area contributed by atoms with Crippen LogP contribution in [0.25, 0.3) is 0 Å². The van der Waals surface area contributed by atoms with Gasteiger partial charge in [-0.3, -0.25) is 19.7 Å². The second kappa shape index (κ2) is 20.9. The van der Waals surface area contributed by atoms with Crippen LogP contribution < -0.4 is 20.7 Å². The number of halogens is 4. The van der Waals surface area contributed by atoms with E-state index in [1.54, 1.807) is 11.0 Å². The lowest BCUT2D eigenvalue weighted by atomic mass is 9.97. The summed E-state index contributed by atoms with van der Waals surface area (Å²) >= 11 is 11.2. The molecule has 17 heteroatoms. The topological polar surface area (TPSA) is 163 Å². The first kappa shape index (κ1) is 44.1. The van der Waals surface area contributed by atoms with Crippen LogP contribution in [0.15, 0.2) is 60.7 Å². The molecular formula is C36H44Cl2F2N6O7. The number of benzene rings is 3. The summed E-state index contributed by atoms with van der Waals surface area (Å²) in [6.07, 6.45) is 2.00.